The van der Waals surface area contributed by atoms with Gasteiger partial charge in [-0.15, -0.1) is 0 Å². The Labute approximate surface area is 252 Å². The number of carboxylic acid groups (broad SMARTS) is 1. The minimum Gasteiger partial charge on any atom is -0.481 e. The van der Waals surface area contributed by atoms with Gasteiger partial charge in [-0.3, -0.25) is 14.6 Å². The summed E-state index contributed by atoms with van der Waals surface area (Å²) in [6.45, 7) is 0.515. The molecule has 3 N–H and O–H groups in total. The Balaban J connectivity index is 1.64. The average molecular weight is 634 g/mol. The summed E-state index contributed by atoms with van der Waals surface area (Å²) in [5, 5.41) is 13.9. The quantitative estimate of drug-likeness (QED) is 0.154. The van der Waals surface area contributed by atoms with Crippen LogP contribution < -0.4 is 10.6 Å². The van der Waals surface area contributed by atoms with E-state index in [2.05, 4.69) is 15.6 Å². The van der Waals surface area contributed by atoms with Crippen LogP contribution >= 0.6 is 0 Å². The molecule has 0 bridgehead atoms. The van der Waals surface area contributed by atoms with E-state index in [1.165, 1.54) is 54.7 Å². The number of carbonyl (C=O) groups excluding carboxylic acids is 1. The summed E-state index contributed by atoms with van der Waals surface area (Å²) >= 11 is 0. The third-order valence-electron chi connectivity index (χ3n) is 6.91. The lowest BCUT2D eigenvalue weighted by molar-refractivity contribution is -0.138. The molecule has 0 saturated heterocycles. The molecule has 0 saturated carbocycles. The molecule has 0 fully saturated rings. The summed E-state index contributed by atoms with van der Waals surface area (Å²) in [7, 11) is 0. The topological polar surface area (TPSA) is 91.3 Å². The Hall–Kier alpha value is -4.94. The third-order valence-corrected chi connectivity index (χ3v) is 6.91. The van der Waals surface area contributed by atoms with Gasteiger partial charge in [-0.1, -0.05) is 36.4 Å². The SMILES string of the molecule is Cc1cc(CF)ccc1-c1ccc(NCc2ccc(C(F)(F)F)cc2-c2ccc(C(=O)NCCC(=O)O)nc2)cc1C(F)(F)F. The highest BCUT2D eigenvalue weighted by molar-refractivity contribution is 5.92. The van der Waals surface area contributed by atoms with Gasteiger partial charge in [-0.05, 0) is 70.6 Å². The van der Waals surface area contributed by atoms with Crippen LogP contribution in [0.3, 0.4) is 0 Å². The second kappa shape index (κ2) is 13.4. The lowest BCUT2D eigenvalue weighted by Crippen LogP contribution is -2.26. The van der Waals surface area contributed by atoms with Crippen molar-refractivity contribution in [3.8, 4) is 22.3 Å². The fraction of sp³-hybridized carbons (Fsp3) is 0.219. The Morgan fingerprint density at radius 3 is 2.18 bits per heavy atom. The van der Waals surface area contributed by atoms with Gasteiger partial charge in [-0.2, -0.15) is 26.3 Å². The summed E-state index contributed by atoms with van der Waals surface area (Å²) in [5.41, 5.74) is -0.385. The van der Waals surface area contributed by atoms with E-state index in [1.54, 1.807) is 6.92 Å². The van der Waals surface area contributed by atoms with Gasteiger partial charge in [0.2, 0.25) is 0 Å². The number of carbonyl (C=O) groups is 2. The summed E-state index contributed by atoms with van der Waals surface area (Å²) in [4.78, 5) is 26.9. The monoisotopic (exact) mass is 633 g/mol. The average Bonchev–Trinajstić information content (AvgIpc) is 2.98. The fourth-order valence-corrected chi connectivity index (χ4v) is 4.67. The number of nitrogens with one attached hydrogen (secondary N) is 2. The highest BCUT2D eigenvalue weighted by Gasteiger charge is 2.34. The molecule has 1 amide bonds. The van der Waals surface area contributed by atoms with Crippen LogP contribution in [0.25, 0.3) is 22.3 Å². The standard InChI is InChI=1S/C32H26F7N3O3/c1-18-12-19(15-33)2-7-24(18)25-8-6-23(14-27(25)32(37,38)39)41-16-20-3-5-22(31(34,35)36)13-26(20)21-4-9-28(42-17-21)30(45)40-11-10-29(43)44/h2-9,12-14,17,41H,10-11,15-16H2,1H3,(H,40,45)(H,43,44). The first kappa shape index (κ1) is 33.0. The molecule has 0 unspecified atom stereocenters. The van der Waals surface area contributed by atoms with E-state index in [4.69, 9.17) is 5.11 Å². The number of aromatic nitrogens is 1. The highest BCUT2D eigenvalue weighted by Crippen LogP contribution is 2.40. The number of anilines is 1. The second-order valence-electron chi connectivity index (χ2n) is 10.1. The van der Waals surface area contributed by atoms with Gasteiger partial charge in [-0.25, -0.2) is 4.39 Å². The van der Waals surface area contributed by atoms with Crippen molar-refractivity contribution in [2.75, 3.05) is 11.9 Å². The second-order valence-corrected chi connectivity index (χ2v) is 10.1. The van der Waals surface area contributed by atoms with Crippen molar-refractivity contribution in [2.24, 2.45) is 0 Å². The van der Waals surface area contributed by atoms with E-state index in [0.717, 1.165) is 18.2 Å². The molecule has 1 aromatic heterocycles. The lowest BCUT2D eigenvalue weighted by atomic mass is 9.94. The molecule has 3 aromatic carbocycles. The van der Waals surface area contributed by atoms with Crippen LogP contribution in [-0.2, 0) is 30.4 Å². The van der Waals surface area contributed by atoms with Crippen LogP contribution in [0.1, 0.15) is 44.7 Å². The number of hydrogen-bond acceptors (Lipinski definition) is 4. The molecule has 236 valence electrons. The molecule has 0 spiro atoms. The van der Waals surface area contributed by atoms with E-state index >= 15 is 0 Å². The number of amides is 1. The predicted molar refractivity (Wildman–Crippen MR) is 153 cm³/mol. The summed E-state index contributed by atoms with van der Waals surface area (Å²) in [5.74, 6) is -1.79. The highest BCUT2D eigenvalue weighted by atomic mass is 19.4. The molecular weight excluding hydrogens is 607 g/mol. The molecule has 0 aliphatic heterocycles. The van der Waals surface area contributed by atoms with Crippen molar-refractivity contribution in [2.45, 2.75) is 38.9 Å². The molecule has 0 atom stereocenters. The number of aliphatic carboxylic acids is 1. The van der Waals surface area contributed by atoms with Crippen LogP contribution in [0.5, 0.6) is 0 Å². The number of benzene rings is 3. The van der Waals surface area contributed by atoms with Crippen LogP contribution in [0.4, 0.5) is 36.4 Å². The molecular formula is C32H26F7N3O3. The number of alkyl halides is 7. The van der Waals surface area contributed by atoms with Crippen LogP contribution in [0.15, 0.2) is 72.9 Å². The van der Waals surface area contributed by atoms with Crippen LogP contribution in [-0.4, -0.2) is 28.5 Å². The Morgan fingerprint density at radius 1 is 0.844 bits per heavy atom. The zero-order chi connectivity index (χ0) is 32.9. The van der Waals surface area contributed by atoms with Gasteiger partial charge in [0.25, 0.3) is 5.91 Å². The molecule has 0 aliphatic carbocycles. The normalized spacial score (nSPS) is 11.7. The maximum Gasteiger partial charge on any atom is 0.417 e. The predicted octanol–water partition coefficient (Wildman–Crippen LogP) is 8.05. The van der Waals surface area contributed by atoms with Gasteiger partial charge < -0.3 is 15.7 Å². The first-order valence-corrected chi connectivity index (χ1v) is 13.4. The zero-order valence-corrected chi connectivity index (χ0v) is 23.6. The van der Waals surface area contributed by atoms with Gasteiger partial charge in [0, 0.05) is 30.5 Å². The number of pyridine rings is 1. The third kappa shape index (κ3) is 8.16. The molecule has 4 aromatic rings. The lowest BCUT2D eigenvalue weighted by Gasteiger charge is -2.18. The first-order chi connectivity index (χ1) is 21.2. The molecule has 0 radical (unpaired) electrons. The van der Waals surface area contributed by atoms with E-state index in [0.29, 0.717) is 16.7 Å². The zero-order valence-electron chi connectivity index (χ0n) is 23.6. The summed E-state index contributed by atoms with van der Waals surface area (Å²) in [6, 6.07) is 13.5. The van der Waals surface area contributed by atoms with E-state index in [1.807, 2.05) is 0 Å². The summed E-state index contributed by atoms with van der Waals surface area (Å²) < 4.78 is 96.1. The van der Waals surface area contributed by atoms with Crippen LogP contribution in [0.2, 0.25) is 0 Å². The van der Waals surface area contributed by atoms with Crippen molar-refractivity contribution >= 4 is 17.6 Å². The molecule has 1 heterocycles. The maximum absolute atomic E-state index is 14.1. The minimum atomic E-state index is -4.74. The Morgan fingerprint density at radius 2 is 1.58 bits per heavy atom. The number of nitrogens with zero attached hydrogens (tertiary/aromatic N) is 1. The van der Waals surface area contributed by atoms with Crippen molar-refractivity contribution in [1.82, 2.24) is 10.3 Å². The van der Waals surface area contributed by atoms with E-state index in [9.17, 15) is 40.3 Å². The van der Waals surface area contributed by atoms with Gasteiger partial charge in [0.05, 0.1) is 17.5 Å². The molecule has 4 rings (SSSR count). The van der Waals surface area contributed by atoms with E-state index in [-0.39, 0.29) is 53.1 Å². The largest absolute Gasteiger partial charge is 0.481 e. The Bertz CT molecular complexity index is 1700. The van der Waals surface area contributed by atoms with Crippen molar-refractivity contribution in [1.29, 1.82) is 0 Å². The smallest absolute Gasteiger partial charge is 0.417 e. The Kier molecular flexibility index (Phi) is 9.79. The molecule has 45 heavy (non-hydrogen) atoms. The number of halogens is 7. The molecule has 13 heteroatoms. The fourth-order valence-electron chi connectivity index (χ4n) is 4.67. The molecule has 0 aliphatic rings. The van der Waals surface area contributed by atoms with Crippen molar-refractivity contribution in [3.05, 3.63) is 106 Å². The van der Waals surface area contributed by atoms with E-state index < -0.39 is 42.0 Å². The van der Waals surface area contributed by atoms with Gasteiger partial charge in [0.1, 0.15) is 12.4 Å². The maximum atomic E-state index is 14.1. The van der Waals surface area contributed by atoms with Gasteiger partial charge >= 0.3 is 18.3 Å². The van der Waals surface area contributed by atoms with Crippen molar-refractivity contribution in [3.63, 3.8) is 0 Å². The molecule has 6 nitrogen and oxygen atoms in total. The minimum absolute atomic E-state index is 0.0569. The van der Waals surface area contributed by atoms with Crippen molar-refractivity contribution < 1.29 is 45.4 Å². The summed E-state index contributed by atoms with van der Waals surface area (Å²) in [6.07, 6.45) is -8.57. The number of rotatable bonds is 10. The first-order valence-electron chi connectivity index (χ1n) is 13.4. The van der Waals surface area contributed by atoms with Gasteiger partial charge in [0.15, 0.2) is 0 Å². The number of aryl methyl sites for hydroxylation is 1. The van der Waals surface area contributed by atoms with Crippen LogP contribution in [0, 0.1) is 6.92 Å². The number of hydrogen-bond donors (Lipinski definition) is 3. The number of carboxylic acids is 1.